The minimum absolute atomic E-state index is 0.0321. The molecule has 118 valence electrons. The summed E-state index contributed by atoms with van der Waals surface area (Å²) in [6.07, 6.45) is 2.14. The zero-order valence-corrected chi connectivity index (χ0v) is 12.8. The van der Waals surface area contributed by atoms with Gasteiger partial charge in [-0.2, -0.15) is 0 Å². The topological polar surface area (TPSA) is 115 Å². The van der Waals surface area contributed by atoms with Gasteiger partial charge in [0.2, 0.25) is 10.0 Å². The van der Waals surface area contributed by atoms with Crippen LogP contribution >= 0.6 is 0 Å². The third kappa shape index (κ3) is 6.65. The maximum absolute atomic E-state index is 10.9. The van der Waals surface area contributed by atoms with E-state index in [1.54, 1.807) is 12.1 Å². The summed E-state index contributed by atoms with van der Waals surface area (Å²) in [5.74, 6) is -0.0756. The summed E-state index contributed by atoms with van der Waals surface area (Å²) < 4.78 is 21.7. The second kappa shape index (κ2) is 8.06. The lowest BCUT2D eigenvalue weighted by Gasteiger charge is -2.18. The molecule has 1 unspecified atom stereocenters. The molecule has 1 rings (SSSR count). The van der Waals surface area contributed by atoms with E-state index < -0.39 is 14.9 Å². The summed E-state index contributed by atoms with van der Waals surface area (Å²) in [5.41, 5.74) is 0.890. The van der Waals surface area contributed by atoms with Crippen LogP contribution in [-0.4, -0.2) is 25.6 Å². The van der Waals surface area contributed by atoms with Gasteiger partial charge in [-0.3, -0.25) is 10.1 Å². The first kappa shape index (κ1) is 17.5. The van der Waals surface area contributed by atoms with Crippen molar-refractivity contribution in [3.63, 3.8) is 0 Å². The molecule has 21 heavy (non-hydrogen) atoms. The largest absolute Gasteiger partial charge is 0.310 e. The zero-order valence-electron chi connectivity index (χ0n) is 12.0. The van der Waals surface area contributed by atoms with Gasteiger partial charge in [0, 0.05) is 18.2 Å². The van der Waals surface area contributed by atoms with Gasteiger partial charge in [0.15, 0.2) is 0 Å². The number of primary sulfonamides is 1. The second-order valence-corrected chi connectivity index (χ2v) is 6.60. The monoisotopic (exact) mass is 315 g/mol. The Kier molecular flexibility index (Phi) is 6.73. The summed E-state index contributed by atoms with van der Waals surface area (Å²) in [4.78, 5) is 10.4. The highest BCUT2D eigenvalue weighted by atomic mass is 32.2. The lowest BCUT2D eigenvalue weighted by Crippen LogP contribution is -2.25. The van der Waals surface area contributed by atoms with Crippen LogP contribution in [-0.2, 0) is 10.0 Å². The van der Waals surface area contributed by atoms with E-state index in [2.05, 4.69) is 5.32 Å². The number of nitrogens with one attached hydrogen (secondary N) is 1. The molecule has 0 aliphatic heterocycles. The van der Waals surface area contributed by atoms with Gasteiger partial charge in [0.05, 0.1) is 10.7 Å². The van der Waals surface area contributed by atoms with Crippen molar-refractivity contribution in [3.8, 4) is 0 Å². The number of nitro benzene ring substituents is 1. The Bertz CT molecular complexity index is 575. The average molecular weight is 315 g/mol. The van der Waals surface area contributed by atoms with Crippen LogP contribution in [0, 0.1) is 10.1 Å². The van der Waals surface area contributed by atoms with Gasteiger partial charge < -0.3 is 5.32 Å². The van der Waals surface area contributed by atoms with Crippen LogP contribution in [0.3, 0.4) is 0 Å². The molecular weight excluding hydrogens is 294 g/mol. The zero-order chi connectivity index (χ0) is 15.9. The molecule has 0 aliphatic carbocycles. The summed E-state index contributed by atoms with van der Waals surface area (Å²) in [7, 11) is -3.45. The second-order valence-electron chi connectivity index (χ2n) is 4.87. The molecule has 0 fully saturated rings. The number of rotatable bonds is 9. The molecule has 8 heteroatoms. The Balaban J connectivity index is 2.68. The summed E-state index contributed by atoms with van der Waals surface area (Å²) in [6.45, 7) is 2.51. The lowest BCUT2D eigenvalue weighted by molar-refractivity contribution is -0.384. The number of sulfonamides is 1. The predicted octanol–water partition coefficient (Wildman–Crippen LogP) is 1.70. The van der Waals surface area contributed by atoms with E-state index in [1.807, 2.05) is 13.0 Å². The first-order valence-corrected chi connectivity index (χ1v) is 8.53. The van der Waals surface area contributed by atoms with Crippen LogP contribution in [0.1, 0.15) is 37.8 Å². The van der Waals surface area contributed by atoms with E-state index in [9.17, 15) is 18.5 Å². The molecular formula is C13H21N3O4S. The quantitative estimate of drug-likeness (QED) is 0.409. The number of nitrogens with two attached hydrogens (primary N) is 1. The molecule has 0 spiro atoms. The molecule has 0 saturated carbocycles. The van der Waals surface area contributed by atoms with Crippen LogP contribution < -0.4 is 10.5 Å². The van der Waals surface area contributed by atoms with Crippen molar-refractivity contribution in [2.75, 3.05) is 12.3 Å². The number of nitro groups is 1. The standard InChI is InChI=1S/C13H21N3O4S/c1-2-5-13(15-8-4-9-21(14,19)20)11-6-3-7-12(10-11)16(17)18/h3,6-7,10,13,15H,2,4-5,8-9H2,1H3,(H2,14,19,20). The minimum Gasteiger partial charge on any atom is -0.310 e. The number of nitrogens with zero attached hydrogens (tertiary/aromatic N) is 1. The van der Waals surface area contributed by atoms with Crippen molar-refractivity contribution in [3.05, 3.63) is 39.9 Å². The van der Waals surface area contributed by atoms with Crippen LogP contribution in [0.2, 0.25) is 0 Å². The van der Waals surface area contributed by atoms with E-state index in [0.29, 0.717) is 13.0 Å². The molecule has 0 bridgehead atoms. The van der Waals surface area contributed by atoms with Crippen LogP contribution in [0.5, 0.6) is 0 Å². The molecule has 1 aromatic carbocycles. The van der Waals surface area contributed by atoms with Gasteiger partial charge >= 0.3 is 0 Å². The Morgan fingerprint density at radius 3 is 2.71 bits per heavy atom. The molecule has 7 nitrogen and oxygen atoms in total. The van der Waals surface area contributed by atoms with E-state index in [4.69, 9.17) is 5.14 Å². The van der Waals surface area contributed by atoms with Crippen molar-refractivity contribution in [2.24, 2.45) is 5.14 Å². The fourth-order valence-electron chi connectivity index (χ4n) is 2.08. The number of hydrogen-bond acceptors (Lipinski definition) is 5. The summed E-state index contributed by atoms with van der Waals surface area (Å²) in [5, 5.41) is 19.0. The third-order valence-electron chi connectivity index (χ3n) is 3.06. The fourth-order valence-corrected chi connectivity index (χ4v) is 2.63. The van der Waals surface area contributed by atoms with Gasteiger partial charge in [-0.25, -0.2) is 13.6 Å². The Morgan fingerprint density at radius 1 is 1.43 bits per heavy atom. The van der Waals surface area contributed by atoms with Crippen LogP contribution in [0.15, 0.2) is 24.3 Å². The minimum atomic E-state index is -3.45. The van der Waals surface area contributed by atoms with Crippen molar-refractivity contribution in [1.82, 2.24) is 5.32 Å². The number of non-ortho nitro benzene ring substituents is 1. The van der Waals surface area contributed by atoms with Gasteiger partial charge in [-0.1, -0.05) is 25.5 Å². The molecule has 0 saturated heterocycles. The first-order valence-electron chi connectivity index (χ1n) is 6.81. The van der Waals surface area contributed by atoms with Gasteiger partial charge in [-0.05, 0) is 24.9 Å². The average Bonchev–Trinajstić information content (AvgIpc) is 2.41. The van der Waals surface area contributed by atoms with Crippen molar-refractivity contribution >= 4 is 15.7 Å². The number of hydrogen-bond donors (Lipinski definition) is 2. The highest BCUT2D eigenvalue weighted by molar-refractivity contribution is 7.89. The molecule has 0 heterocycles. The van der Waals surface area contributed by atoms with Gasteiger partial charge in [0.1, 0.15) is 0 Å². The Hall–Kier alpha value is -1.51. The molecule has 0 aliphatic rings. The Morgan fingerprint density at radius 2 is 2.14 bits per heavy atom. The highest BCUT2D eigenvalue weighted by Crippen LogP contribution is 2.22. The highest BCUT2D eigenvalue weighted by Gasteiger charge is 2.14. The fraction of sp³-hybridized carbons (Fsp3) is 0.538. The van der Waals surface area contributed by atoms with E-state index >= 15 is 0 Å². The van der Waals surface area contributed by atoms with E-state index in [0.717, 1.165) is 18.4 Å². The smallest absolute Gasteiger partial charge is 0.269 e. The van der Waals surface area contributed by atoms with Crippen LogP contribution in [0.25, 0.3) is 0 Å². The van der Waals surface area contributed by atoms with E-state index in [1.165, 1.54) is 6.07 Å². The first-order chi connectivity index (χ1) is 9.83. The van der Waals surface area contributed by atoms with Gasteiger partial charge in [0.25, 0.3) is 5.69 Å². The molecule has 1 atom stereocenters. The number of benzene rings is 1. The molecule has 1 aromatic rings. The van der Waals surface area contributed by atoms with Crippen molar-refractivity contribution in [2.45, 2.75) is 32.2 Å². The van der Waals surface area contributed by atoms with Crippen molar-refractivity contribution in [1.29, 1.82) is 0 Å². The molecule has 3 N–H and O–H groups in total. The SMILES string of the molecule is CCCC(NCCCS(N)(=O)=O)c1cccc([N+](=O)[O-])c1. The Labute approximate surface area is 124 Å². The maximum Gasteiger partial charge on any atom is 0.269 e. The van der Waals surface area contributed by atoms with Crippen LogP contribution in [0.4, 0.5) is 5.69 Å². The molecule has 0 aromatic heterocycles. The predicted molar refractivity (Wildman–Crippen MR) is 81.3 cm³/mol. The third-order valence-corrected chi connectivity index (χ3v) is 3.91. The maximum atomic E-state index is 10.9. The van der Waals surface area contributed by atoms with Crippen molar-refractivity contribution < 1.29 is 13.3 Å². The normalized spacial score (nSPS) is 13.0. The van der Waals surface area contributed by atoms with E-state index in [-0.39, 0.29) is 17.5 Å². The van der Waals surface area contributed by atoms with Gasteiger partial charge in [-0.15, -0.1) is 0 Å². The molecule has 0 amide bonds. The summed E-state index contributed by atoms with van der Waals surface area (Å²) in [6, 6.07) is 6.46. The molecule has 0 radical (unpaired) electrons. The summed E-state index contributed by atoms with van der Waals surface area (Å²) >= 11 is 0. The lowest BCUT2D eigenvalue weighted by atomic mass is 10.0.